The predicted molar refractivity (Wildman–Crippen MR) is 89.2 cm³/mol. The molecule has 0 N–H and O–H groups in total. The van der Waals surface area contributed by atoms with Crippen molar-refractivity contribution in [2.24, 2.45) is 0 Å². The molecule has 0 heterocycles. The van der Waals surface area contributed by atoms with Gasteiger partial charge < -0.3 is 4.90 Å². The number of hydrogen-bond donors (Lipinski definition) is 0. The molecule has 2 heteroatoms. The minimum Gasteiger partial charge on any atom is -0.339 e. The minimum absolute atomic E-state index is 0.113. The van der Waals surface area contributed by atoms with Crippen molar-refractivity contribution in [3.8, 4) is 0 Å². The Morgan fingerprint density at radius 3 is 2.24 bits per heavy atom. The highest BCUT2D eigenvalue weighted by Crippen LogP contribution is 2.23. The van der Waals surface area contributed by atoms with Crippen LogP contribution in [0.3, 0.4) is 0 Å². The van der Waals surface area contributed by atoms with Gasteiger partial charge in [0.15, 0.2) is 0 Å². The Balaban J connectivity index is 1.98. The Morgan fingerprint density at radius 1 is 1.14 bits per heavy atom. The first-order valence-electron chi connectivity index (χ1n) is 7.93. The summed E-state index contributed by atoms with van der Waals surface area (Å²) in [5, 5.41) is 0. The largest absolute Gasteiger partial charge is 0.339 e. The van der Waals surface area contributed by atoms with Crippen molar-refractivity contribution < 1.29 is 4.79 Å². The van der Waals surface area contributed by atoms with Crippen molar-refractivity contribution in [1.29, 1.82) is 0 Å². The normalized spacial score (nSPS) is 16.6. The van der Waals surface area contributed by atoms with Crippen molar-refractivity contribution in [2.45, 2.75) is 57.9 Å². The van der Waals surface area contributed by atoms with Gasteiger partial charge >= 0.3 is 0 Å². The summed E-state index contributed by atoms with van der Waals surface area (Å²) < 4.78 is 0. The predicted octanol–water partition coefficient (Wildman–Crippen LogP) is 4.40. The van der Waals surface area contributed by atoms with Crippen molar-refractivity contribution in [2.75, 3.05) is 7.05 Å². The van der Waals surface area contributed by atoms with E-state index >= 15 is 0 Å². The van der Waals surface area contributed by atoms with Crippen LogP contribution in [0.15, 0.2) is 30.3 Å². The van der Waals surface area contributed by atoms with Gasteiger partial charge in [0.25, 0.3) is 0 Å². The molecule has 0 spiro atoms. The molecule has 1 aromatic carbocycles. The lowest BCUT2D eigenvalue weighted by atomic mass is 9.87. The topological polar surface area (TPSA) is 20.3 Å². The summed E-state index contributed by atoms with van der Waals surface area (Å²) in [5.74, 6) is 0.113. The van der Waals surface area contributed by atoms with Gasteiger partial charge in [-0.15, -0.1) is 0 Å². The average Bonchev–Trinajstić information content (AvgIpc) is 2.97. The maximum atomic E-state index is 12.2. The van der Waals surface area contributed by atoms with Crippen LogP contribution in [0, 0.1) is 0 Å². The van der Waals surface area contributed by atoms with Crippen LogP contribution in [0.2, 0.25) is 0 Å². The van der Waals surface area contributed by atoms with E-state index < -0.39 is 0 Å². The number of carbonyl (C=O) groups is 1. The van der Waals surface area contributed by atoms with Gasteiger partial charge in [-0.05, 0) is 35.5 Å². The smallest absolute Gasteiger partial charge is 0.246 e. The van der Waals surface area contributed by atoms with Gasteiger partial charge in [0.2, 0.25) is 5.91 Å². The molecule has 1 aromatic rings. The highest BCUT2D eigenvalue weighted by Gasteiger charge is 2.21. The second-order valence-electron chi connectivity index (χ2n) is 7.09. The molecule has 0 aromatic heterocycles. The van der Waals surface area contributed by atoms with Crippen LogP contribution in [0.25, 0.3) is 6.08 Å². The van der Waals surface area contributed by atoms with Crippen LogP contribution >= 0.6 is 0 Å². The molecule has 0 bridgehead atoms. The molecule has 0 radical (unpaired) electrons. The third kappa shape index (κ3) is 4.20. The molecule has 1 saturated carbocycles. The van der Waals surface area contributed by atoms with Crippen molar-refractivity contribution in [3.63, 3.8) is 0 Å². The highest BCUT2D eigenvalue weighted by atomic mass is 16.2. The summed E-state index contributed by atoms with van der Waals surface area (Å²) in [6, 6.07) is 8.89. The van der Waals surface area contributed by atoms with Crippen LogP contribution in [-0.4, -0.2) is 23.9 Å². The lowest BCUT2D eigenvalue weighted by Crippen LogP contribution is -2.33. The minimum atomic E-state index is 0.113. The standard InChI is InChI=1S/C19H27NO/c1-19(2,3)16-12-9-15(10-13-16)11-14-18(21)20(4)17-7-5-6-8-17/h9-14,17H,5-8H2,1-4H3/b14-11+. The average molecular weight is 285 g/mol. The van der Waals surface area contributed by atoms with Crippen LogP contribution in [0.5, 0.6) is 0 Å². The van der Waals surface area contributed by atoms with Crippen molar-refractivity contribution in [1.82, 2.24) is 4.90 Å². The molecule has 0 atom stereocenters. The summed E-state index contributed by atoms with van der Waals surface area (Å²) in [6.07, 6.45) is 8.41. The van der Waals surface area contributed by atoms with E-state index in [1.54, 1.807) is 6.08 Å². The summed E-state index contributed by atoms with van der Waals surface area (Å²) in [5.41, 5.74) is 2.56. The Kier molecular flexibility index (Phi) is 4.87. The first-order chi connectivity index (χ1) is 9.88. The number of benzene rings is 1. The fraction of sp³-hybridized carbons (Fsp3) is 0.526. The van der Waals surface area contributed by atoms with Gasteiger partial charge in [0.05, 0.1) is 0 Å². The van der Waals surface area contributed by atoms with Gasteiger partial charge in [-0.1, -0.05) is 57.9 Å². The molecule has 1 aliphatic carbocycles. The SMILES string of the molecule is CN(C(=O)/C=C/c1ccc(C(C)(C)C)cc1)C1CCCC1. The molecule has 2 nitrogen and oxygen atoms in total. The zero-order valence-corrected chi connectivity index (χ0v) is 13.7. The Bertz CT molecular complexity index is 501. The van der Waals surface area contributed by atoms with E-state index in [0.29, 0.717) is 6.04 Å². The van der Waals surface area contributed by atoms with Crippen LogP contribution in [-0.2, 0) is 10.2 Å². The third-order valence-corrected chi connectivity index (χ3v) is 4.42. The van der Waals surface area contributed by atoms with E-state index in [4.69, 9.17) is 0 Å². The summed E-state index contributed by atoms with van der Waals surface area (Å²) in [4.78, 5) is 14.1. The van der Waals surface area contributed by atoms with Gasteiger partial charge in [-0.2, -0.15) is 0 Å². The monoisotopic (exact) mass is 285 g/mol. The lowest BCUT2D eigenvalue weighted by Gasteiger charge is -2.22. The second kappa shape index (κ2) is 6.46. The molecule has 114 valence electrons. The summed E-state index contributed by atoms with van der Waals surface area (Å²) >= 11 is 0. The molecule has 0 unspecified atom stereocenters. The van der Waals surface area contributed by atoms with Gasteiger partial charge in [0.1, 0.15) is 0 Å². The first-order valence-corrected chi connectivity index (χ1v) is 7.93. The van der Waals surface area contributed by atoms with Crippen LogP contribution < -0.4 is 0 Å². The molecule has 1 aliphatic rings. The van der Waals surface area contributed by atoms with E-state index in [2.05, 4.69) is 45.0 Å². The fourth-order valence-corrected chi connectivity index (χ4v) is 2.85. The number of likely N-dealkylation sites (N-methyl/N-ethyl adjacent to an activating group) is 1. The first kappa shape index (κ1) is 15.8. The Morgan fingerprint density at radius 2 is 1.71 bits per heavy atom. The molecule has 1 fully saturated rings. The van der Waals surface area contributed by atoms with E-state index in [-0.39, 0.29) is 11.3 Å². The summed E-state index contributed by atoms with van der Waals surface area (Å²) in [6.45, 7) is 6.62. The van der Waals surface area contributed by atoms with Gasteiger partial charge in [0, 0.05) is 19.2 Å². The molecule has 0 saturated heterocycles. The maximum Gasteiger partial charge on any atom is 0.246 e. The van der Waals surface area contributed by atoms with Crippen molar-refractivity contribution in [3.05, 3.63) is 41.5 Å². The Labute approximate surface area is 128 Å². The van der Waals surface area contributed by atoms with Crippen molar-refractivity contribution >= 4 is 12.0 Å². The van der Waals surface area contributed by atoms with E-state index in [1.165, 1.54) is 18.4 Å². The van der Waals surface area contributed by atoms with E-state index in [9.17, 15) is 4.79 Å². The van der Waals surface area contributed by atoms with Crippen LogP contribution in [0.1, 0.15) is 57.6 Å². The van der Waals surface area contributed by atoms with E-state index in [0.717, 1.165) is 18.4 Å². The second-order valence-corrected chi connectivity index (χ2v) is 7.09. The molecule has 21 heavy (non-hydrogen) atoms. The molecule has 1 amide bonds. The fourth-order valence-electron chi connectivity index (χ4n) is 2.85. The number of carbonyl (C=O) groups excluding carboxylic acids is 1. The summed E-state index contributed by atoms with van der Waals surface area (Å²) in [7, 11) is 1.92. The highest BCUT2D eigenvalue weighted by molar-refractivity contribution is 5.91. The molecular formula is C19H27NO. The quantitative estimate of drug-likeness (QED) is 0.754. The number of amides is 1. The van der Waals surface area contributed by atoms with Crippen LogP contribution in [0.4, 0.5) is 0 Å². The lowest BCUT2D eigenvalue weighted by molar-refractivity contribution is -0.126. The molecule has 0 aliphatic heterocycles. The van der Waals surface area contributed by atoms with Gasteiger partial charge in [-0.3, -0.25) is 4.79 Å². The Hall–Kier alpha value is -1.57. The maximum absolute atomic E-state index is 12.2. The number of rotatable bonds is 3. The third-order valence-electron chi connectivity index (χ3n) is 4.42. The molecule has 2 rings (SSSR count). The number of nitrogens with zero attached hydrogens (tertiary/aromatic N) is 1. The molecular weight excluding hydrogens is 258 g/mol. The number of hydrogen-bond acceptors (Lipinski definition) is 1. The zero-order chi connectivity index (χ0) is 15.5. The van der Waals surface area contributed by atoms with Gasteiger partial charge in [-0.25, -0.2) is 0 Å². The van der Waals surface area contributed by atoms with E-state index in [1.807, 2.05) is 18.0 Å². The zero-order valence-electron chi connectivity index (χ0n) is 13.7.